The molecule has 1 aliphatic rings. The molecule has 5 heteroatoms. The van der Waals surface area contributed by atoms with Gasteiger partial charge >= 0.3 is 6.85 Å². The van der Waals surface area contributed by atoms with E-state index in [1.54, 1.807) is 0 Å². The van der Waals surface area contributed by atoms with Crippen molar-refractivity contribution in [2.75, 3.05) is 0 Å². The summed E-state index contributed by atoms with van der Waals surface area (Å²) in [6.07, 6.45) is 0. The average Bonchev–Trinajstić information content (AvgIpc) is 3.54. The topological polar surface area (TPSA) is 57.4 Å². The van der Waals surface area contributed by atoms with Gasteiger partial charge in [-0.05, 0) is 69.3 Å². The molecule has 0 aliphatic carbocycles. The molecule has 7 aromatic rings. The van der Waals surface area contributed by atoms with Crippen LogP contribution in [-0.2, 0) is 10.8 Å². The Bertz CT molecular complexity index is 2410. The fourth-order valence-corrected chi connectivity index (χ4v) is 7.50. The van der Waals surface area contributed by atoms with E-state index in [0.717, 1.165) is 33.0 Å². The van der Waals surface area contributed by atoms with Crippen LogP contribution in [0.3, 0.4) is 0 Å². The van der Waals surface area contributed by atoms with E-state index >= 15 is 0 Å². The maximum Gasteiger partial charge on any atom is 0.332 e. The second-order valence-corrected chi connectivity index (χ2v) is 14.5. The summed E-state index contributed by atoms with van der Waals surface area (Å²) in [6.45, 7) is 13.4. The smallest absolute Gasteiger partial charge is 0.332 e. The van der Waals surface area contributed by atoms with E-state index in [0.29, 0.717) is 11.1 Å². The Morgan fingerprint density at radius 1 is 0.556 bits per heavy atom. The molecule has 2 aromatic heterocycles. The van der Waals surface area contributed by atoms with Gasteiger partial charge in [-0.15, -0.1) is 0 Å². The molecular weight excluding hydrogens is 547 g/mol. The number of fused-ring (bicyclic) bond motifs is 8. The van der Waals surface area contributed by atoms with Crippen LogP contribution in [0.5, 0.6) is 0 Å². The Morgan fingerprint density at radius 3 is 1.76 bits per heavy atom. The maximum absolute atomic E-state index is 10.4. The largest absolute Gasteiger partial charge is 0.374 e. The van der Waals surface area contributed by atoms with Crippen LogP contribution in [-0.4, -0.2) is 15.9 Å². The van der Waals surface area contributed by atoms with E-state index in [2.05, 4.69) is 129 Å². The molecule has 0 fully saturated rings. The van der Waals surface area contributed by atoms with Crippen molar-refractivity contribution in [3.05, 3.63) is 113 Å². The highest BCUT2D eigenvalue weighted by atomic mass is 15.0. The molecule has 0 saturated heterocycles. The minimum Gasteiger partial charge on any atom is -0.374 e. The van der Waals surface area contributed by atoms with Crippen LogP contribution in [0.15, 0.2) is 91.0 Å². The molecule has 0 saturated carbocycles. The van der Waals surface area contributed by atoms with Crippen molar-refractivity contribution >= 4 is 61.4 Å². The van der Waals surface area contributed by atoms with Gasteiger partial charge in [0.05, 0.1) is 33.2 Å². The predicted octanol–water partition coefficient (Wildman–Crippen LogP) is 8.20. The van der Waals surface area contributed by atoms with Gasteiger partial charge in [0, 0.05) is 27.2 Å². The first-order chi connectivity index (χ1) is 21.5. The van der Waals surface area contributed by atoms with Crippen molar-refractivity contribution in [1.29, 1.82) is 10.5 Å². The van der Waals surface area contributed by atoms with Gasteiger partial charge in [-0.25, -0.2) is 0 Å². The summed E-state index contributed by atoms with van der Waals surface area (Å²) in [5, 5.41) is 25.3. The Hall–Kier alpha value is -5.26. The van der Waals surface area contributed by atoms with Gasteiger partial charge in [0.25, 0.3) is 0 Å². The van der Waals surface area contributed by atoms with E-state index in [1.807, 2.05) is 24.3 Å². The summed E-state index contributed by atoms with van der Waals surface area (Å²) >= 11 is 0. The zero-order chi connectivity index (χ0) is 31.4. The van der Waals surface area contributed by atoms with Crippen molar-refractivity contribution < 1.29 is 0 Å². The number of para-hydroxylation sites is 3. The molecule has 0 unspecified atom stereocenters. The molecule has 0 amide bonds. The van der Waals surface area contributed by atoms with Gasteiger partial charge in [0.1, 0.15) is 12.1 Å². The third-order valence-electron chi connectivity index (χ3n) is 9.73. The Balaban J connectivity index is 1.63. The fraction of sp³-hybridized carbons (Fsp3) is 0.200. The van der Waals surface area contributed by atoms with Gasteiger partial charge in [0.2, 0.25) is 0 Å². The summed E-state index contributed by atoms with van der Waals surface area (Å²) in [5.41, 5.74) is 11.3. The van der Waals surface area contributed by atoms with Crippen molar-refractivity contribution in [2.24, 2.45) is 0 Å². The fourth-order valence-electron chi connectivity index (χ4n) is 7.50. The third-order valence-corrected chi connectivity index (χ3v) is 9.73. The molecule has 3 heterocycles. The monoisotopic (exact) mass is 580 g/mol. The van der Waals surface area contributed by atoms with E-state index in [4.69, 9.17) is 0 Å². The molecular formula is C40H33BN4. The molecule has 5 aromatic carbocycles. The van der Waals surface area contributed by atoms with E-state index in [1.165, 1.54) is 38.4 Å². The van der Waals surface area contributed by atoms with Crippen LogP contribution in [0, 0.1) is 22.7 Å². The molecule has 0 bridgehead atoms. The summed E-state index contributed by atoms with van der Waals surface area (Å²) in [7, 11) is 0. The van der Waals surface area contributed by atoms with Gasteiger partial charge < -0.3 is 9.05 Å². The minimum absolute atomic E-state index is 0.0120. The van der Waals surface area contributed by atoms with Crippen LogP contribution >= 0.6 is 0 Å². The molecule has 216 valence electrons. The average molecular weight is 581 g/mol. The molecule has 1 aliphatic heterocycles. The van der Waals surface area contributed by atoms with Crippen LogP contribution < -0.4 is 10.9 Å². The Morgan fingerprint density at radius 2 is 1.16 bits per heavy atom. The number of hydrogen-bond donors (Lipinski definition) is 0. The van der Waals surface area contributed by atoms with Gasteiger partial charge in [-0.2, -0.15) is 10.5 Å². The lowest BCUT2D eigenvalue weighted by Crippen LogP contribution is -2.53. The lowest BCUT2D eigenvalue weighted by atomic mass is 9.47. The van der Waals surface area contributed by atoms with E-state index < -0.39 is 0 Å². The number of rotatable bonds is 1. The summed E-state index contributed by atoms with van der Waals surface area (Å²) < 4.78 is 4.73. The highest BCUT2D eigenvalue weighted by Crippen LogP contribution is 2.40. The third kappa shape index (κ3) is 3.71. The molecule has 45 heavy (non-hydrogen) atoms. The van der Waals surface area contributed by atoms with Crippen LogP contribution in [0.25, 0.3) is 49.3 Å². The normalized spacial score (nSPS) is 13.0. The summed E-state index contributed by atoms with van der Waals surface area (Å²) in [5.74, 6) is 0. The molecule has 0 spiro atoms. The predicted molar refractivity (Wildman–Crippen MR) is 187 cm³/mol. The number of nitriles is 2. The van der Waals surface area contributed by atoms with Crippen LogP contribution in [0.1, 0.15) is 63.8 Å². The van der Waals surface area contributed by atoms with E-state index in [9.17, 15) is 10.5 Å². The standard InChI is InChI=1S/C40H33BN4/c1-39(2,3)26-17-18-34-30(19-26)31-20-27(40(4,5)6)21-33-38(31)44(34)35-16-8-7-15-32(35)41(33)45-36-24(22-42)11-9-13-28(36)29-14-10-12-25(23-43)37(29)45/h7-21H,1-6H3. The SMILES string of the molecule is CC(C)(C)c1ccc2c(c1)c1cc(C(C)(C)C)cc3c1n2-c1ccccc1B3n1c2c(C#N)cccc2c2cccc(C#N)c21. The Kier molecular flexibility index (Phi) is 5.54. The van der Waals surface area contributed by atoms with E-state index in [-0.39, 0.29) is 17.7 Å². The number of nitrogens with zero attached hydrogens (tertiary/aromatic N) is 4. The zero-order valence-electron chi connectivity index (χ0n) is 26.5. The van der Waals surface area contributed by atoms with Crippen LogP contribution in [0.2, 0.25) is 0 Å². The molecule has 4 nitrogen and oxygen atoms in total. The minimum atomic E-state index is -0.256. The second-order valence-electron chi connectivity index (χ2n) is 14.5. The quantitative estimate of drug-likeness (QED) is 0.184. The first-order valence-corrected chi connectivity index (χ1v) is 15.6. The zero-order valence-corrected chi connectivity index (χ0v) is 26.5. The number of benzene rings is 5. The first-order valence-electron chi connectivity index (χ1n) is 15.6. The molecule has 0 radical (unpaired) electrons. The number of aromatic nitrogens is 2. The molecule has 0 N–H and O–H groups in total. The lowest BCUT2D eigenvalue weighted by Gasteiger charge is -2.30. The molecule has 0 atom stereocenters. The molecule has 8 rings (SSSR count). The first kappa shape index (κ1) is 27.3. The maximum atomic E-state index is 10.4. The van der Waals surface area contributed by atoms with Gasteiger partial charge in [-0.1, -0.05) is 96.1 Å². The van der Waals surface area contributed by atoms with Crippen molar-refractivity contribution in [2.45, 2.75) is 52.4 Å². The second kappa shape index (κ2) is 9.13. The highest BCUT2D eigenvalue weighted by Gasteiger charge is 2.38. The lowest BCUT2D eigenvalue weighted by molar-refractivity contribution is 0.590. The van der Waals surface area contributed by atoms with Crippen molar-refractivity contribution in [1.82, 2.24) is 9.05 Å². The van der Waals surface area contributed by atoms with Gasteiger partial charge in [0.15, 0.2) is 0 Å². The highest BCUT2D eigenvalue weighted by molar-refractivity contribution is 6.88. The number of hydrogen-bond acceptors (Lipinski definition) is 2. The Labute approximate surface area is 263 Å². The summed E-state index contributed by atoms with van der Waals surface area (Å²) in [6, 6.07) is 37.2. The van der Waals surface area contributed by atoms with Crippen molar-refractivity contribution in [3.8, 4) is 17.8 Å². The van der Waals surface area contributed by atoms with Crippen molar-refractivity contribution in [3.63, 3.8) is 0 Å². The summed E-state index contributed by atoms with van der Waals surface area (Å²) in [4.78, 5) is 0. The van der Waals surface area contributed by atoms with Crippen LogP contribution in [0.4, 0.5) is 0 Å². The van der Waals surface area contributed by atoms with Gasteiger partial charge in [-0.3, -0.25) is 0 Å².